The molecule has 0 saturated carbocycles. The second-order valence-corrected chi connectivity index (χ2v) is 43.4. The summed E-state index contributed by atoms with van der Waals surface area (Å²) in [5.41, 5.74) is 33.5. The molecule has 0 aliphatic rings. The van der Waals surface area contributed by atoms with Gasteiger partial charge in [-0.3, -0.25) is 4.98 Å². The SMILES string of the molecule is Cc1c(-c2cc(-c3ccc(C(C)(C)CC(C)(C)C)cc3)c(C)c(-c3ccc(C(C)(C)CC(C)(C)C)cc3)c2)cc(-c2cccc(-c3ccc(-c4nc(-c5ccc(C(C)(C)C)cc5)nc(-c5ccc(C(C)(C)C)cc5)n4)cn3)c2)cc1-c1cc(-c2ccc(C(C)(C)CC(C)(C)C)cc2)c(C)c(-c2ccc(C(C)(C)CC(C)(C)C)cc2)c1. The summed E-state index contributed by atoms with van der Waals surface area (Å²) in [4.78, 5) is 20.9. The molecule has 0 N–H and O–H groups in total. The molecule has 115 heavy (non-hydrogen) atoms. The average molecular weight is 1520 g/mol. The van der Waals surface area contributed by atoms with Crippen LogP contribution in [0.2, 0.25) is 0 Å². The highest BCUT2D eigenvalue weighted by molar-refractivity contribution is 5.93. The molecule has 0 saturated heterocycles. The summed E-state index contributed by atoms with van der Waals surface area (Å²) >= 11 is 0. The van der Waals surface area contributed by atoms with Gasteiger partial charge < -0.3 is 0 Å². The van der Waals surface area contributed by atoms with E-state index < -0.39 is 0 Å². The molecule has 0 fully saturated rings. The summed E-state index contributed by atoms with van der Waals surface area (Å²) in [6.07, 6.45) is 6.23. The predicted octanol–water partition coefficient (Wildman–Crippen LogP) is 32.0. The van der Waals surface area contributed by atoms with Gasteiger partial charge in [-0.1, -0.05) is 344 Å². The topological polar surface area (TPSA) is 51.6 Å². The van der Waals surface area contributed by atoms with Crippen molar-refractivity contribution in [2.45, 2.75) is 259 Å². The molecule has 12 rings (SSSR count). The highest BCUT2D eigenvalue weighted by atomic mass is 15.0. The summed E-state index contributed by atoms with van der Waals surface area (Å²) < 4.78 is 0. The quantitative estimate of drug-likeness (QED) is 0.0810. The lowest BCUT2D eigenvalue weighted by molar-refractivity contribution is 0.283. The lowest BCUT2D eigenvalue weighted by atomic mass is 9.72. The molecule has 0 unspecified atom stereocenters. The molecule has 0 radical (unpaired) electrons. The first-order chi connectivity index (χ1) is 53.4. The molecule has 0 atom stereocenters. The smallest absolute Gasteiger partial charge is 0.165 e. The maximum Gasteiger partial charge on any atom is 0.165 e. The van der Waals surface area contributed by atoms with Crippen LogP contribution in [0.3, 0.4) is 0 Å². The van der Waals surface area contributed by atoms with Gasteiger partial charge in [-0.25, -0.2) is 15.0 Å². The Balaban J connectivity index is 1.07. The van der Waals surface area contributed by atoms with Crippen molar-refractivity contribution in [1.29, 1.82) is 0 Å². The molecule has 2 heterocycles. The molecule has 4 heteroatoms. The number of hydrogen-bond donors (Lipinski definition) is 0. The maximum absolute atomic E-state index is 5.29. The minimum absolute atomic E-state index is 0.00104. The van der Waals surface area contributed by atoms with Crippen molar-refractivity contribution in [2.75, 3.05) is 0 Å². The third kappa shape index (κ3) is 19.9. The van der Waals surface area contributed by atoms with Crippen LogP contribution in [0.4, 0.5) is 0 Å². The van der Waals surface area contributed by atoms with Gasteiger partial charge in [0.15, 0.2) is 17.5 Å². The van der Waals surface area contributed by atoms with Gasteiger partial charge in [0.2, 0.25) is 0 Å². The fourth-order valence-electron chi connectivity index (χ4n) is 19.1. The van der Waals surface area contributed by atoms with Crippen LogP contribution >= 0.6 is 0 Å². The molecule has 0 spiro atoms. The average Bonchev–Trinajstić information content (AvgIpc) is 0.752. The van der Waals surface area contributed by atoms with Gasteiger partial charge >= 0.3 is 0 Å². The molecule has 0 bridgehead atoms. The second-order valence-electron chi connectivity index (χ2n) is 43.4. The lowest BCUT2D eigenvalue weighted by Crippen LogP contribution is -2.24. The fourth-order valence-corrected chi connectivity index (χ4v) is 19.1. The van der Waals surface area contributed by atoms with E-state index in [0.29, 0.717) is 17.5 Å². The number of nitrogens with zero attached hydrogens (tertiary/aromatic N) is 4. The molecule has 0 aliphatic heterocycles. The Kier molecular flexibility index (Phi) is 23.2. The molecule has 4 nitrogen and oxygen atoms in total. The second kappa shape index (κ2) is 31.4. The van der Waals surface area contributed by atoms with Gasteiger partial charge in [-0.2, -0.15) is 0 Å². The minimum Gasteiger partial charge on any atom is -0.255 e. The van der Waals surface area contributed by atoms with E-state index in [1.807, 2.05) is 6.20 Å². The highest BCUT2D eigenvalue weighted by Crippen LogP contribution is 2.49. The third-order valence-electron chi connectivity index (χ3n) is 23.8. The standard InChI is InChI=1S/C111H132N4/c1-71-92(74-33-50-88(51-34-74)108(22,23)67-102(4,5)6)62-84(63-93(71)75-35-52-89(53-36-75)109(24,25)68-103(7,8)9)96-60-83(61-97(73(96)3)85-64-94(76-37-54-90(55-38-76)110(26,27)69-104(10,11)12)72(2)95(65-85)77-39-56-91(57-40-77)111(28,29)70-105(13,14)15)80-31-30-32-81(59-80)98-58-45-82(66-112-98)101-114-99(78-41-46-86(47-42-78)106(16,17)18)113-100(115-101)79-43-48-87(49-44-79)107(19,20)21/h30-66H,67-70H2,1-29H3. The molecule has 2 aromatic heterocycles. The summed E-state index contributed by atoms with van der Waals surface area (Å²) in [5.74, 6) is 1.81. The van der Waals surface area contributed by atoms with Crippen molar-refractivity contribution < 1.29 is 0 Å². The summed E-state index contributed by atoms with van der Waals surface area (Å²) in [5, 5.41) is 0. The Labute approximate surface area is 694 Å². The van der Waals surface area contributed by atoms with Crippen molar-refractivity contribution >= 4 is 0 Å². The molecule has 596 valence electrons. The van der Waals surface area contributed by atoms with Crippen molar-refractivity contribution in [2.24, 2.45) is 21.7 Å². The zero-order valence-electron chi connectivity index (χ0n) is 75.5. The van der Waals surface area contributed by atoms with Crippen LogP contribution in [0.25, 0.3) is 123 Å². The summed E-state index contributed by atoms with van der Waals surface area (Å²) in [6.45, 7) is 68.0. The highest BCUT2D eigenvalue weighted by Gasteiger charge is 2.33. The zero-order chi connectivity index (χ0) is 83.7. The molecule has 12 aromatic rings. The van der Waals surface area contributed by atoms with Gasteiger partial charge in [-0.15, -0.1) is 0 Å². The number of pyridine rings is 1. The first-order valence-corrected chi connectivity index (χ1v) is 42.3. The maximum atomic E-state index is 5.29. The normalized spacial score (nSPS) is 13.1. The number of hydrogen-bond acceptors (Lipinski definition) is 4. The summed E-state index contributed by atoms with van der Waals surface area (Å²) in [6, 6.07) is 83.7. The van der Waals surface area contributed by atoms with Crippen LogP contribution in [-0.4, -0.2) is 19.9 Å². The van der Waals surface area contributed by atoms with Crippen LogP contribution in [0.5, 0.6) is 0 Å². The summed E-state index contributed by atoms with van der Waals surface area (Å²) in [7, 11) is 0. The van der Waals surface area contributed by atoms with E-state index in [1.54, 1.807) is 0 Å². The largest absolute Gasteiger partial charge is 0.255 e. The Bertz CT molecular complexity index is 4980. The lowest BCUT2D eigenvalue weighted by Gasteiger charge is -2.33. The predicted molar refractivity (Wildman–Crippen MR) is 497 cm³/mol. The minimum atomic E-state index is -0.00890. The Morgan fingerprint density at radius 2 is 0.443 bits per heavy atom. The Morgan fingerprint density at radius 1 is 0.209 bits per heavy atom. The number of benzene rings is 10. The van der Waals surface area contributed by atoms with Crippen LogP contribution in [0.15, 0.2) is 225 Å². The molecule has 0 aliphatic carbocycles. The van der Waals surface area contributed by atoms with Gasteiger partial charge in [0, 0.05) is 28.5 Å². The van der Waals surface area contributed by atoms with E-state index in [-0.39, 0.29) is 54.1 Å². The van der Waals surface area contributed by atoms with Crippen molar-refractivity contribution in [3.8, 4) is 123 Å². The Morgan fingerprint density at radius 3 is 0.704 bits per heavy atom. The Hall–Kier alpha value is -9.64. The van der Waals surface area contributed by atoms with Crippen molar-refractivity contribution in [1.82, 2.24) is 19.9 Å². The van der Waals surface area contributed by atoms with Crippen LogP contribution < -0.4 is 0 Å². The number of aromatic nitrogens is 4. The van der Waals surface area contributed by atoms with Crippen LogP contribution in [0, 0.1) is 42.4 Å². The molecule has 0 amide bonds. The molecular weight excluding hydrogens is 1390 g/mol. The number of rotatable bonds is 19. The van der Waals surface area contributed by atoms with Crippen molar-refractivity contribution in [3.05, 3.63) is 275 Å². The van der Waals surface area contributed by atoms with Gasteiger partial charge in [0.25, 0.3) is 0 Å². The first-order valence-electron chi connectivity index (χ1n) is 42.3. The van der Waals surface area contributed by atoms with E-state index in [4.69, 9.17) is 19.9 Å². The fraction of sp³-hybridized carbons (Fsp3) is 0.387. The van der Waals surface area contributed by atoms with E-state index in [2.05, 4.69) is 419 Å². The van der Waals surface area contributed by atoms with E-state index in [0.717, 1.165) is 64.8 Å². The molecule has 10 aromatic carbocycles. The van der Waals surface area contributed by atoms with Crippen LogP contribution in [-0.2, 0) is 32.5 Å². The molecular formula is C111H132N4. The first kappa shape index (κ1) is 84.7. The van der Waals surface area contributed by atoms with Gasteiger partial charge in [-0.05, 0) is 283 Å². The van der Waals surface area contributed by atoms with Gasteiger partial charge in [0.1, 0.15) is 0 Å². The monoisotopic (exact) mass is 1520 g/mol. The van der Waals surface area contributed by atoms with Gasteiger partial charge in [0.05, 0.1) is 5.69 Å². The van der Waals surface area contributed by atoms with Crippen LogP contribution in [0.1, 0.15) is 256 Å². The third-order valence-corrected chi connectivity index (χ3v) is 23.8. The van der Waals surface area contributed by atoms with Crippen molar-refractivity contribution in [3.63, 3.8) is 0 Å². The van der Waals surface area contributed by atoms with E-state index in [9.17, 15) is 0 Å². The van der Waals surface area contributed by atoms with E-state index >= 15 is 0 Å². The zero-order valence-corrected chi connectivity index (χ0v) is 75.5. The van der Waals surface area contributed by atoms with E-state index in [1.165, 1.54) is 117 Å².